The molecule has 2 N–H and O–H groups in total. The van der Waals surface area contributed by atoms with Crippen LogP contribution in [-0.2, 0) is 13.1 Å². The maximum absolute atomic E-state index is 5.97. The summed E-state index contributed by atoms with van der Waals surface area (Å²) >= 11 is 0. The summed E-state index contributed by atoms with van der Waals surface area (Å²) in [6.45, 7) is 8.46. The Bertz CT molecular complexity index is 374. The monoisotopic (exact) mass is 264 g/mol. The van der Waals surface area contributed by atoms with Crippen LogP contribution in [0, 0.1) is 5.92 Å². The first-order chi connectivity index (χ1) is 9.28. The average molecular weight is 264 g/mol. The second-order valence-electron chi connectivity index (χ2n) is 5.70. The molecule has 1 fully saturated rings. The number of hydrogen-bond donors (Lipinski definition) is 1. The van der Waals surface area contributed by atoms with Crippen LogP contribution < -0.4 is 5.73 Å². The molecule has 4 heteroatoms. The van der Waals surface area contributed by atoms with Crippen molar-refractivity contribution in [3.63, 3.8) is 0 Å². The van der Waals surface area contributed by atoms with Crippen LogP contribution >= 0.6 is 0 Å². The van der Waals surface area contributed by atoms with E-state index >= 15 is 0 Å². The van der Waals surface area contributed by atoms with Crippen LogP contribution in [0.2, 0.25) is 0 Å². The van der Waals surface area contributed by atoms with E-state index in [0.29, 0.717) is 6.04 Å². The normalized spacial score (nSPS) is 24.8. The van der Waals surface area contributed by atoms with E-state index in [0.717, 1.165) is 32.0 Å². The molecule has 0 amide bonds. The van der Waals surface area contributed by atoms with Gasteiger partial charge in [0.05, 0.1) is 5.69 Å². The molecule has 1 aromatic heterocycles. The first-order valence-corrected chi connectivity index (χ1v) is 7.73. The largest absolute Gasteiger partial charge is 0.329 e. The second kappa shape index (κ2) is 7.06. The van der Waals surface area contributed by atoms with Gasteiger partial charge in [-0.3, -0.25) is 9.58 Å². The lowest BCUT2D eigenvalue weighted by molar-refractivity contribution is 0.104. The Kier molecular flexibility index (Phi) is 5.40. The molecule has 2 rings (SSSR count). The molecule has 1 saturated heterocycles. The highest BCUT2D eigenvalue weighted by atomic mass is 15.3. The summed E-state index contributed by atoms with van der Waals surface area (Å²) in [6, 6.07) is 2.69. The topological polar surface area (TPSA) is 47.1 Å². The Morgan fingerprint density at radius 2 is 2.26 bits per heavy atom. The molecule has 2 unspecified atom stereocenters. The van der Waals surface area contributed by atoms with Crippen LogP contribution in [0.5, 0.6) is 0 Å². The van der Waals surface area contributed by atoms with Gasteiger partial charge < -0.3 is 5.73 Å². The van der Waals surface area contributed by atoms with Crippen LogP contribution in [-0.4, -0.2) is 33.8 Å². The Hall–Kier alpha value is -0.870. The fourth-order valence-corrected chi connectivity index (χ4v) is 3.12. The Balaban J connectivity index is 1.99. The third-order valence-electron chi connectivity index (χ3n) is 4.40. The van der Waals surface area contributed by atoms with Crippen molar-refractivity contribution in [2.24, 2.45) is 11.7 Å². The van der Waals surface area contributed by atoms with E-state index in [9.17, 15) is 0 Å². The standard InChI is InChI=1S/C15H28N4/c1-3-8-19-14(5-7-17-19)12-18-9-6-13(4-2)10-15(18)11-16/h5,7,13,15H,3-4,6,8-12,16H2,1-2H3. The average Bonchev–Trinajstić information content (AvgIpc) is 2.87. The fraction of sp³-hybridized carbons (Fsp3) is 0.800. The van der Waals surface area contributed by atoms with Crippen molar-refractivity contribution in [1.29, 1.82) is 0 Å². The van der Waals surface area contributed by atoms with Crippen molar-refractivity contribution in [1.82, 2.24) is 14.7 Å². The van der Waals surface area contributed by atoms with Crippen molar-refractivity contribution >= 4 is 0 Å². The van der Waals surface area contributed by atoms with E-state index in [4.69, 9.17) is 5.73 Å². The van der Waals surface area contributed by atoms with Crippen LogP contribution in [0.25, 0.3) is 0 Å². The van der Waals surface area contributed by atoms with Gasteiger partial charge in [0, 0.05) is 31.9 Å². The number of nitrogens with zero attached hydrogens (tertiary/aromatic N) is 3. The Morgan fingerprint density at radius 3 is 2.95 bits per heavy atom. The summed E-state index contributed by atoms with van der Waals surface area (Å²) in [7, 11) is 0. The third-order valence-corrected chi connectivity index (χ3v) is 4.40. The molecule has 4 nitrogen and oxygen atoms in total. The smallest absolute Gasteiger partial charge is 0.0524 e. The summed E-state index contributed by atoms with van der Waals surface area (Å²) in [6.07, 6.45) is 6.91. The van der Waals surface area contributed by atoms with Crippen molar-refractivity contribution < 1.29 is 0 Å². The van der Waals surface area contributed by atoms with Gasteiger partial charge in [-0.05, 0) is 37.8 Å². The van der Waals surface area contributed by atoms with E-state index in [-0.39, 0.29) is 0 Å². The van der Waals surface area contributed by atoms with Gasteiger partial charge in [0.15, 0.2) is 0 Å². The zero-order chi connectivity index (χ0) is 13.7. The molecule has 0 aromatic carbocycles. The molecule has 0 radical (unpaired) electrons. The second-order valence-corrected chi connectivity index (χ2v) is 5.70. The zero-order valence-corrected chi connectivity index (χ0v) is 12.4. The van der Waals surface area contributed by atoms with Crippen LogP contribution in [0.15, 0.2) is 12.3 Å². The lowest BCUT2D eigenvalue weighted by Crippen LogP contribution is -2.46. The molecule has 0 spiro atoms. The third kappa shape index (κ3) is 3.57. The maximum Gasteiger partial charge on any atom is 0.0524 e. The van der Waals surface area contributed by atoms with E-state index in [1.165, 1.54) is 31.5 Å². The molecule has 2 atom stereocenters. The lowest BCUT2D eigenvalue weighted by atomic mass is 9.89. The van der Waals surface area contributed by atoms with E-state index in [1.54, 1.807) is 0 Å². The number of hydrogen-bond acceptors (Lipinski definition) is 3. The van der Waals surface area contributed by atoms with Crippen molar-refractivity contribution in [2.75, 3.05) is 13.1 Å². The highest BCUT2D eigenvalue weighted by Gasteiger charge is 2.27. The van der Waals surface area contributed by atoms with Crippen molar-refractivity contribution in [3.8, 4) is 0 Å². The first kappa shape index (κ1) is 14.5. The summed E-state index contributed by atoms with van der Waals surface area (Å²) in [5.41, 5.74) is 7.30. The van der Waals surface area contributed by atoms with E-state index in [1.807, 2.05) is 6.20 Å². The van der Waals surface area contributed by atoms with Gasteiger partial charge >= 0.3 is 0 Å². The van der Waals surface area contributed by atoms with Crippen molar-refractivity contribution in [3.05, 3.63) is 18.0 Å². The minimum Gasteiger partial charge on any atom is -0.329 e. The summed E-state index contributed by atoms with van der Waals surface area (Å²) in [5, 5.41) is 4.41. The number of piperidine rings is 1. The molecule has 1 aromatic rings. The van der Waals surface area contributed by atoms with Gasteiger partial charge in [0.1, 0.15) is 0 Å². The molecule has 0 saturated carbocycles. The van der Waals surface area contributed by atoms with Gasteiger partial charge in [-0.15, -0.1) is 0 Å². The molecule has 108 valence electrons. The number of likely N-dealkylation sites (tertiary alicyclic amines) is 1. The molecule has 0 bridgehead atoms. The molecule has 2 heterocycles. The molecular formula is C15H28N4. The lowest BCUT2D eigenvalue weighted by Gasteiger charge is -2.38. The predicted octanol–water partition coefficient (Wildman–Crippen LogP) is 2.24. The highest BCUT2D eigenvalue weighted by molar-refractivity contribution is 5.01. The first-order valence-electron chi connectivity index (χ1n) is 7.73. The maximum atomic E-state index is 5.97. The number of rotatable bonds is 6. The highest BCUT2D eigenvalue weighted by Crippen LogP contribution is 2.26. The molecular weight excluding hydrogens is 236 g/mol. The zero-order valence-electron chi connectivity index (χ0n) is 12.4. The Morgan fingerprint density at radius 1 is 1.42 bits per heavy atom. The number of nitrogens with two attached hydrogens (primary N) is 1. The molecule has 0 aliphatic carbocycles. The summed E-state index contributed by atoms with van der Waals surface area (Å²) < 4.78 is 2.14. The number of aryl methyl sites for hydroxylation is 1. The quantitative estimate of drug-likeness (QED) is 0.857. The molecule has 1 aliphatic heterocycles. The minimum absolute atomic E-state index is 0.545. The van der Waals surface area contributed by atoms with Gasteiger partial charge in [0.25, 0.3) is 0 Å². The van der Waals surface area contributed by atoms with Crippen LogP contribution in [0.4, 0.5) is 0 Å². The van der Waals surface area contributed by atoms with Crippen LogP contribution in [0.1, 0.15) is 45.2 Å². The molecule has 19 heavy (non-hydrogen) atoms. The van der Waals surface area contributed by atoms with Gasteiger partial charge in [-0.25, -0.2) is 0 Å². The van der Waals surface area contributed by atoms with Gasteiger partial charge in [0.2, 0.25) is 0 Å². The number of aromatic nitrogens is 2. The van der Waals surface area contributed by atoms with Gasteiger partial charge in [-0.2, -0.15) is 5.10 Å². The van der Waals surface area contributed by atoms with E-state index < -0.39 is 0 Å². The molecule has 1 aliphatic rings. The Labute approximate surface area is 117 Å². The summed E-state index contributed by atoms with van der Waals surface area (Å²) in [5.74, 6) is 0.866. The summed E-state index contributed by atoms with van der Waals surface area (Å²) in [4.78, 5) is 2.55. The fourth-order valence-electron chi connectivity index (χ4n) is 3.12. The van der Waals surface area contributed by atoms with Gasteiger partial charge in [-0.1, -0.05) is 20.3 Å². The predicted molar refractivity (Wildman–Crippen MR) is 78.8 cm³/mol. The van der Waals surface area contributed by atoms with E-state index in [2.05, 4.69) is 34.6 Å². The van der Waals surface area contributed by atoms with Crippen molar-refractivity contribution in [2.45, 2.75) is 58.7 Å². The minimum atomic E-state index is 0.545. The SMILES string of the molecule is CCCn1nccc1CN1CCC(CC)CC1CN. The van der Waals surface area contributed by atoms with Crippen LogP contribution in [0.3, 0.4) is 0 Å².